The van der Waals surface area contributed by atoms with Crippen LogP contribution in [-0.2, 0) is 13.1 Å². The number of halogens is 1. The summed E-state index contributed by atoms with van der Waals surface area (Å²) in [5.41, 5.74) is 3.71. The summed E-state index contributed by atoms with van der Waals surface area (Å²) in [6, 6.07) is 25.4. The first kappa shape index (κ1) is 22.6. The molecule has 0 aliphatic carbocycles. The van der Waals surface area contributed by atoms with Crippen LogP contribution < -0.4 is 26.3 Å². The Morgan fingerprint density at radius 1 is 0.970 bits per heavy atom. The number of hydrogen-bond acceptors (Lipinski definition) is 3. The standard InChI is InChI=1S/C27H23N2O3.BrH/c1-31-22-13-11-20(12-14-22)25(30)18-29-16-15-28(19-29)17-24-23-9-5-6-10-26(23)32-27(24)21-7-3-2-4-8-21;/h2-16,19H,17-18H2,1H3;1H/q+1;/p-1. The van der Waals surface area contributed by atoms with Gasteiger partial charge in [0.1, 0.15) is 36.0 Å². The number of para-hydroxylation sites is 1. The van der Waals surface area contributed by atoms with Crippen LogP contribution in [0.25, 0.3) is 22.3 Å². The van der Waals surface area contributed by atoms with Crippen LogP contribution in [0.4, 0.5) is 0 Å². The second-order valence-electron chi connectivity index (χ2n) is 7.68. The maximum Gasteiger partial charge on any atom is 0.244 e. The molecule has 5 nitrogen and oxygen atoms in total. The van der Waals surface area contributed by atoms with Gasteiger partial charge in [0.05, 0.1) is 7.11 Å². The number of nitrogens with zero attached hydrogens (tertiary/aromatic N) is 2. The largest absolute Gasteiger partial charge is 1.00 e. The lowest BCUT2D eigenvalue weighted by molar-refractivity contribution is -0.687. The quantitative estimate of drug-likeness (QED) is 0.253. The Hall–Kier alpha value is -3.64. The van der Waals surface area contributed by atoms with Gasteiger partial charge in [0.25, 0.3) is 0 Å². The van der Waals surface area contributed by atoms with E-state index < -0.39 is 0 Å². The van der Waals surface area contributed by atoms with E-state index in [1.165, 1.54) is 0 Å². The molecule has 166 valence electrons. The first-order valence-electron chi connectivity index (χ1n) is 10.5. The van der Waals surface area contributed by atoms with Crippen LogP contribution in [0.3, 0.4) is 0 Å². The zero-order chi connectivity index (χ0) is 21.9. The number of aromatic nitrogens is 2. The number of methoxy groups -OCH3 is 1. The molecule has 0 saturated heterocycles. The van der Waals surface area contributed by atoms with Gasteiger partial charge in [0.2, 0.25) is 12.1 Å². The summed E-state index contributed by atoms with van der Waals surface area (Å²) in [6.45, 7) is 0.919. The monoisotopic (exact) mass is 502 g/mol. The average Bonchev–Trinajstić information content (AvgIpc) is 3.44. The van der Waals surface area contributed by atoms with E-state index in [2.05, 4.69) is 22.8 Å². The highest BCUT2D eigenvalue weighted by Crippen LogP contribution is 2.33. The first-order chi connectivity index (χ1) is 15.7. The third-order valence-corrected chi connectivity index (χ3v) is 5.56. The average molecular weight is 503 g/mol. The Morgan fingerprint density at radius 3 is 2.45 bits per heavy atom. The number of Topliss-reactive ketones (excluding diaryl/α,β-unsaturated/α-hetero) is 1. The summed E-state index contributed by atoms with van der Waals surface area (Å²) in [7, 11) is 1.61. The highest BCUT2D eigenvalue weighted by atomic mass is 79.9. The van der Waals surface area contributed by atoms with Crippen molar-refractivity contribution in [3.63, 3.8) is 0 Å². The van der Waals surface area contributed by atoms with Gasteiger partial charge in [0, 0.05) is 22.1 Å². The third kappa shape index (κ3) is 4.76. The highest BCUT2D eigenvalue weighted by Gasteiger charge is 2.19. The van der Waals surface area contributed by atoms with Gasteiger partial charge >= 0.3 is 0 Å². The molecule has 0 fully saturated rings. The van der Waals surface area contributed by atoms with Gasteiger partial charge in [-0.25, -0.2) is 9.13 Å². The van der Waals surface area contributed by atoms with Gasteiger partial charge in [-0.1, -0.05) is 48.5 Å². The minimum Gasteiger partial charge on any atom is -1.00 e. The summed E-state index contributed by atoms with van der Waals surface area (Å²) in [4.78, 5) is 12.7. The van der Waals surface area contributed by atoms with Crippen molar-refractivity contribution in [2.75, 3.05) is 7.11 Å². The van der Waals surface area contributed by atoms with Crippen molar-refractivity contribution in [1.82, 2.24) is 4.57 Å². The van der Waals surface area contributed by atoms with Crippen molar-refractivity contribution in [3.05, 3.63) is 109 Å². The lowest BCUT2D eigenvalue weighted by atomic mass is 10.1. The number of carbonyl (C=O) groups excluding carboxylic acids is 1. The minimum atomic E-state index is 0. The number of furan rings is 1. The van der Waals surface area contributed by atoms with Crippen molar-refractivity contribution in [2.45, 2.75) is 13.1 Å². The Morgan fingerprint density at radius 2 is 1.70 bits per heavy atom. The molecule has 0 saturated carbocycles. The molecule has 0 radical (unpaired) electrons. The zero-order valence-corrected chi connectivity index (χ0v) is 19.7. The smallest absolute Gasteiger partial charge is 0.244 e. The molecule has 0 N–H and O–H groups in total. The van der Waals surface area contributed by atoms with Gasteiger partial charge in [-0.05, 0) is 30.3 Å². The molecule has 2 heterocycles. The Labute approximate surface area is 202 Å². The summed E-state index contributed by atoms with van der Waals surface area (Å²) in [5.74, 6) is 1.66. The molecule has 0 bridgehead atoms. The van der Waals surface area contributed by atoms with E-state index in [9.17, 15) is 4.79 Å². The molecule has 33 heavy (non-hydrogen) atoms. The summed E-state index contributed by atoms with van der Waals surface area (Å²) in [5, 5.41) is 1.10. The van der Waals surface area contributed by atoms with Gasteiger partial charge in [-0.3, -0.25) is 4.79 Å². The van der Waals surface area contributed by atoms with Gasteiger partial charge in [-0.2, -0.15) is 0 Å². The maximum atomic E-state index is 12.7. The normalized spacial score (nSPS) is 10.7. The SMILES string of the molecule is COc1ccc(C(=O)Cn2cc[n+](Cc3c(-c4ccccc4)oc4ccccc34)c2)cc1.[Br-]. The second kappa shape index (κ2) is 9.88. The molecule has 5 rings (SSSR count). The molecular formula is C27H23BrN2O3. The van der Waals surface area contributed by atoms with E-state index in [1.807, 2.05) is 59.7 Å². The zero-order valence-electron chi connectivity index (χ0n) is 18.1. The fraction of sp³-hybridized carbons (Fsp3) is 0.111. The molecule has 6 heteroatoms. The number of ketones is 1. The van der Waals surface area contributed by atoms with Crippen molar-refractivity contribution in [1.29, 1.82) is 0 Å². The van der Waals surface area contributed by atoms with E-state index in [0.29, 0.717) is 12.1 Å². The summed E-state index contributed by atoms with van der Waals surface area (Å²) < 4.78 is 15.4. The van der Waals surface area contributed by atoms with Gasteiger partial charge in [0.15, 0.2) is 6.54 Å². The third-order valence-electron chi connectivity index (χ3n) is 5.56. The predicted octanol–water partition coefficient (Wildman–Crippen LogP) is 2.13. The number of rotatable bonds is 7. The molecule has 0 unspecified atom stereocenters. The molecule has 0 atom stereocenters. The number of hydrogen-bond donors (Lipinski definition) is 0. The number of benzene rings is 3. The first-order valence-corrected chi connectivity index (χ1v) is 10.5. The van der Waals surface area contributed by atoms with Crippen LogP contribution in [0.15, 0.2) is 102 Å². The minimum absolute atomic E-state index is 0. The number of ether oxygens (including phenoxy) is 1. The molecule has 0 amide bonds. The molecule has 0 aliphatic rings. The van der Waals surface area contributed by atoms with E-state index >= 15 is 0 Å². The Balaban J connectivity index is 0.00000259. The van der Waals surface area contributed by atoms with Crippen LogP contribution >= 0.6 is 0 Å². The Bertz CT molecular complexity index is 1370. The molecule has 5 aromatic rings. The molecular weight excluding hydrogens is 480 g/mol. The second-order valence-corrected chi connectivity index (χ2v) is 7.68. The lowest BCUT2D eigenvalue weighted by Gasteiger charge is -2.02. The number of imidazole rings is 1. The van der Waals surface area contributed by atoms with Crippen LogP contribution in [0.1, 0.15) is 15.9 Å². The van der Waals surface area contributed by atoms with Crippen molar-refractivity contribution < 1.29 is 35.5 Å². The van der Waals surface area contributed by atoms with Crippen molar-refractivity contribution in [3.8, 4) is 17.1 Å². The molecule has 2 aromatic heterocycles. The summed E-state index contributed by atoms with van der Waals surface area (Å²) >= 11 is 0. The summed E-state index contributed by atoms with van der Waals surface area (Å²) in [6.07, 6.45) is 5.86. The van der Waals surface area contributed by atoms with Crippen molar-refractivity contribution in [2.24, 2.45) is 0 Å². The van der Waals surface area contributed by atoms with Crippen LogP contribution in [0, 0.1) is 0 Å². The van der Waals surface area contributed by atoms with Crippen LogP contribution in [0.5, 0.6) is 5.75 Å². The number of carbonyl (C=O) groups is 1. The molecule has 3 aromatic carbocycles. The lowest BCUT2D eigenvalue weighted by Crippen LogP contribution is -3.00. The van der Waals surface area contributed by atoms with E-state index in [4.69, 9.17) is 9.15 Å². The molecule has 0 aliphatic heterocycles. The highest BCUT2D eigenvalue weighted by molar-refractivity contribution is 5.96. The maximum absolute atomic E-state index is 12.7. The Kier molecular flexibility index (Phi) is 6.75. The fourth-order valence-corrected chi connectivity index (χ4v) is 3.92. The fourth-order valence-electron chi connectivity index (χ4n) is 3.92. The van der Waals surface area contributed by atoms with Crippen LogP contribution in [0.2, 0.25) is 0 Å². The molecule has 0 spiro atoms. The van der Waals surface area contributed by atoms with Gasteiger partial charge in [-0.15, -0.1) is 0 Å². The predicted molar refractivity (Wildman–Crippen MR) is 123 cm³/mol. The van der Waals surface area contributed by atoms with Gasteiger partial charge < -0.3 is 26.1 Å². The van der Waals surface area contributed by atoms with Crippen molar-refractivity contribution >= 4 is 16.8 Å². The van der Waals surface area contributed by atoms with Crippen LogP contribution in [-0.4, -0.2) is 17.5 Å². The van der Waals surface area contributed by atoms with E-state index in [0.717, 1.165) is 33.6 Å². The van der Waals surface area contributed by atoms with E-state index in [-0.39, 0.29) is 29.3 Å². The van der Waals surface area contributed by atoms with E-state index in [1.54, 1.807) is 31.4 Å². The topological polar surface area (TPSA) is 48.2 Å². The number of fused-ring (bicyclic) bond motifs is 1.